The molecule has 6 nitrogen and oxygen atoms in total. The Morgan fingerprint density at radius 1 is 0.444 bits per heavy atom. The van der Waals surface area contributed by atoms with Gasteiger partial charge in [0.15, 0.2) is 0 Å². The molecule has 0 saturated heterocycles. The highest BCUT2D eigenvalue weighted by atomic mass is 16.5. The molecule has 0 radical (unpaired) electrons. The van der Waals surface area contributed by atoms with Gasteiger partial charge in [0.25, 0.3) is 0 Å². The zero-order chi connectivity index (χ0) is 41.5. The first kappa shape index (κ1) is 35.5. The number of rotatable bonds is 6. The van der Waals surface area contributed by atoms with Crippen molar-refractivity contribution in [2.75, 3.05) is 6.61 Å². The van der Waals surface area contributed by atoms with E-state index in [0.29, 0.717) is 6.61 Å². The molecule has 1 aliphatic heterocycles. The average molecular weight is 809 g/mol. The Bertz CT molecular complexity index is 3520. The minimum absolute atomic E-state index is 0.682. The van der Waals surface area contributed by atoms with E-state index in [1.165, 1.54) is 22.3 Å². The summed E-state index contributed by atoms with van der Waals surface area (Å²) in [6, 6.07) is 60.7. The molecule has 6 aromatic carbocycles. The Morgan fingerprint density at radius 3 is 1.56 bits per heavy atom. The second kappa shape index (κ2) is 13.9. The average Bonchev–Trinajstić information content (AvgIpc) is 4.15. The Kier molecular flexibility index (Phi) is 7.84. The number of hydrogen-bond acceptors (Lipinski definition) is 6. The summed E-state index contributed by atoms with van der Waals surface area (Å²) in [5.74, 6) is 1.74. The summed E-state index contributed by atoms with van der Waals surface area (Å²) in [4.78, 5) is 20.2. The second-order valence-electron chi connectivity index (χ2n) is 16.4. The van der Waals surface area contributed by atoms with Gasteiger partial charge >= 0.3 is 0 Å². The maximum absolute atomic E-state index is 6.23. The van der Waals surface area contributed by atoms with Crippen molar-refractivity contribution in [1.82, 2.24) is 19.9 Å². The van der Waals surface area contributed by atoms with Crippen molar-refractivity contribution in [2.24, 2.45) is 0 Å². The molecule has 0 atom stereocenters. The lowest BCUT2D eigenvalue weighted by Gasteiger charge is -2.35. The van der Waals surface area contributed by atoms with Crippen LogP contribution in [0.15, 0.2) is 199 Å². The molecule has 6 heteroatoms. The SMILES string of the molecule is C1=C(c2ccc3c(c2)C(c2cccc(-c4ccc5ccc6cccnc6c5n4)c2)(c2cccc(-c4ccc5ccc6cccnc6c5n4)c2)c2cc(-c4ccco4)ccc2-3)OCC1. The van der Waals surface area contributed by atoms with Gasteiger partial charge in [-0.1, -0.05) is 109 Å². The van der Waals surface area contributed by atoms with Gasteiger partial charge in [-0.3, -0.25) is 9.97 Å². The normalized spacial score (nSPS) is 13.9. The zero-order valence-electron chi connectivity index (χ0n) is 34.0. The third-order valence-corrected chi connectivity index (χ3v) is 13.0. The van der Waals surface area contributed by atoms with Crippen LogP contribution in [0.3, 0.4) is 0 Å². The van der Waals surface area contributed by atoms with E-state index >= 15 is 0 Å². The number of aromatic nitrogens is 4. The van der Waals surface area contributed by atoms with Gasteiger partial charge in [0.05, 0.1) is 51.7 Å². The Labute approximate surface area is 362 Å². The summed E-state index contributed by atoms with van der Waals surface area (Å²) in [6.45, 7) is 0.682. The minimum atomic E-state index is -0.787. The Balaban J connectivity index is 1.09. The highest BCUT2D eigenvalue weighted by molar-refractivity contribution is 6.04. The lowest BCUT2D eigenvalue weighted by atomic mass is 9.66. The van der Waals surface area contributed by atoms with Gasteiger partial charge in [0.2, 0.25) is 0 Å². The summed E-state index contributed by atoms with van der Waals surface area (Å²) < 4.78 is 12.3. The molecule has 0 amide bonds. The molecule has 0 N–H and O–H groups in total. The first-order valence-corrected chi connectivity index (χ1v) is 21.4. The molecule has 0 fully saturated rings. The van der Waals surface area contributed by atoms with Crippen molar-refractivity contribution >= 4 is 49.4 Å². The van der Waals surface area contributed by atoms with E-state index in [0.717, 1.165) is 106 Å². The number of nitrogens with zero attached hydrogens (tertiary/aromatic N) is 4. The number of ether oxygens (including phenoxy) is 1. The van der Waals surface area contributed by atoms with Crippen LogP contribution in [-0.2, 0) is 10.2 Å². The third kappa shape index (κ3) is 5.51. The van der Waals surface area contributed by atoms with E-state index in [4.69, 9.17) is 29.1 Å². The number of pyridine rings is 4. The first-order chi connectivity index (χ1) is 31.2. The summed E-state index contributed by atoms with van der Waals surface area (Å²) in [5, 5.41) is 4.24. The van der Waals surface area contributed by atoms with E-state index in [2.05, 4.69) is 152 Å². The van der Waals surface area contributed by atoms with Crippen LogP contribution in [0.2, 0.25) is 0 Å². The molecule has 11 aromatic rings. The predicted molar refractivity (Wildman–Crippen MR) is 252 cm³/mol. The van der Waals surface area contributed by atoms with E-state index in [1.807, 2.05) is 36.7 Å². The van der Waals surface area contributed by atoms with Crippen molar-refractivity contribution in [3.8, 4) is 45.0 Å². The van der Waals surface area contributed by atoms with E-state index in [1.54, 1.807) is 6.26 Å². The van der Waals surface area contributed by atoms with E-state index in [-0.39, 0.29) is 0 Å². The summed E-state index contributed by atoms with van der Waals surface area (Å²) >= 11 is 0. The van der Waals surface area contributed by atoms with E-state index in [9.17, 15) is 0 Å². The molecule has 296 valence electrons. The molecule has 5 aromatic heterocycles. The minimum Gasteiger partial charge on any atom is -0.493 e. The van der Waals surface area contributed by atoms with E-state index < -0.39 is 5.41 Å². The van der Waals surface area contributed by atoms with Gasteiger partial charge in [-0.25, -0.2) is 9.97 Å². The quantitative estimate of drug-likeness (QED) is 0.156. The van der Waals surface area contributed by atoms with Crippen LogP contribution in [-0.4, -0.2) is 26.5 Å². The molecular weight excluding hydrogens is 773 g/mol. The van der Waals surface area contributed by atoms with Crippen LogP contribution in [0, 0.1) is 0 Å². The standard InChI is InChI=1S/C57H36N4O2/c1-7-39(49-25-21-37-17-15-35-9-3-27-58-53(35)55(37)60-49)31-43(11-1)57(44-12-2-8-40(32-44)50-26-22-38-18-16-36-10-4-28-59-54(36)56(38)61-50)47-33-41(51-13-5-29-62-51)19-23-45(47)46-24-20-42(34-48(46)57)52-14-6-30-63-52/h1-5,7-29,31-34H,6,30H2. The third-order valence-electron chi connectivity index (χ3n) is 13.0. The second-order valence-corrected chi connectivity index (χ2v) is 16.4. The molecule has 0 unspecified atom stereocenters. The van der Waals surface area contributed by atoms with Crippen molar-refractivity contribution < 1.29 is 9.15 Å². The summed E-state index contributed by atoms with van der Waals surface area (Å²) in [7, 11) is 0. The number of hydrogen-bond donors (Lipinski definition) is 0. The number of furan rings is 1. The maximum atomic E-state index is 6.23. The molecule has 0 bridgehead atoms. The number of fused-ring (bicyclic) bond motifs is 9. The highest BCUT2D eigenvalue weighted by Crippen LogP contribution is 2.58. The topological polar surface area (TPSA) is 73.9 Å². The van der Waals surface area contributed by atoms with Crippen LogP contribution in [0.1, 0.15) is 34.2 Å². The fourth-order valence-electron chi connectivity index (χ4n) is 10.1. The Morgan fingerprint density at radius 2 is 1.00 bits per heavy atom. The van der Waals surface area contributed by atoms with Gasteiger partial charge in [-0.15, -0.1) is 0 Å². The molecule has 0 saturated carbocycles. The molecule has 0 spiro atoms. The highest BCUT2D eigenvalue weighted by Gasteiger charge is 2.47. The summed E-state index contributed by atoms with van der Waals surface area (Å²) in [5.41, 5.74) is 15.6. The Hall–Kier alpha value is -8.22. The summed E-state index contributed by atoms with van der Waals surface area (Å²) in [6.07, 6.45) is 8.52. The van der Waals surface area contributed by atoms with Gasteiger partial charge in [-0.2, -0.15) is 0 Å². The molecule has 1 aliphatic carbocycles. The molecule has 63 heavy (non-hydrogen) atoms. The lowest BCUT2D eigenvalue weighted by molar-refractivity contribution is 0.307. The fourth-order valence-corrected chi connectivity index (χ4v) is 10.1. The molecule has 6 heterocycles. The predicted octanol–water partition coefficient (Wildman–Crippen LogP) is 13.6. The molecular formula is C57H36N4O2. The molecule has 13 rings (SSSR count). The van der Waals surface area contributed by atoms with Crippen LogP contribution in [0.4, 0.5) is 0 Å². The van der Waals surface area contributed by atoms with Crippen LogP contribution >= 0.6 is 0 Å². The van der Waals surface area contributed by atoms with Crippen LogP contribution in [0.5, 0.6) is 0 Å². The maximum Gasteiger partial charge on any atom is 0.133 e. The number of benzene rings is 6. The van der Waals surface area contributed by atoms with Gasteiger partial charge in [0, 0.05) is 62.6 Å². The zero-order valence-corrected chi connectivity index (χ0v) is 34.0. The van der Waals surface area contributed by atoms with Crippen molar-refractivity contribution in [3.63, 3.8) is 0 Å². The monoisotopic (exact) mass is 808 g/mol. The van der Waals surface area contributed by atoms with Gasteiger partial charge in [0.1, 0.15) is 11.5 Å². The van der Waals surface area contributed by atoms with Crippen LogP contribution in [0.25, 0.3) is 94.3 Å². The largest absolute Gasteiger partial charge is 0.493 e. The van der Waals surface area contributed by atoms with Crippen molar-refractivity contribution in [1.29, 1.82) is 0 Å². The van der Waals surface area contributed by atoms with Gasteiger partial charge in [-0.05, 0) is 100 Å². The van der Waals surface area contributed by atoms with Gasteiger partial charge < -0.3 is 9.15 Å². The van der Waals surface area contributed by atoms with Crippen molar-refractivity contribution in [3.05, 3.63) is 222 Å². The lowest BCUT2D eigenvalue weighted by Crippen LogP contribution is -2.29. The molecule has 2 aliphatic rings. The van der Waals surface area contributed by atoms with Crippen molar-refractivity contribution in [2.45, 2.75) is 11.8 Å². The smallest absolute Gasteiger partial charge is 0.133 e. The fraction of sp³-hybridized carbons (Fsp3) is 0.0526. The first-order valence-electron chi connectivity index (χ1n) is 21.4. The van der Waals surface area contributed by atoms with Crippen LogP contribution < -0.4 is 0 Å².